The topological polar surface area (TPSA) is 107 Å². The van der Waals surface area contributed by atoms with Crippen molar-refractivity contribution in [2.75, 3.05) is 6.54 Å². The van der Waals surface area contributed by atoms with E-state index in [0.717, 1.165) is 0 Å². The maximum atomic E-state index is 12.0. The summed E-state index contributed by atoms with van der Waals surface area (Å²) in [6, 6.07) is 5.50. The zero-order chi connectivity index (χ0) is 16.1. The van der Waals surface area contributed by atoms with Crippen molar-refractivity contribution < 1.29 is 9.72 Å². The van der Waals surface area contributed by atoms with Gasteiger partial charge in [0, 0.05) is 42.5 Å². The summed E-state index contributed by atoms with van der Waals surface area (Å²) >= 11 is 0. The summed E-state index contributed by atoms with van der Waals surface area (Å²) in [6.07, 6.45) is 2.79. The molecule has 0 fully saturated rings. The molecule has 0 aliphatic carbocycles. The van der Waals surface area contributed by atoms with Crippen LogP contribution in [-0.4, -0.2) is 26.9 Å². The van der Waals surface area contributed by atoms with Crippen molar-refractivity contribution in [3.63, 3.8) is 0 Å². The van der Waals surface area contributed by atoms with Gasteiger partial charge < -0.3 is 5.32 Å². The normalized spacial score (nSPS) is 10.2. The standard InChI is InChI=1S/C14H14N4O4/c1-10-8-11(2-3-12(10)18(21)22)14(20)16-6-7-17-9-15-5-4-13(17)19/h2-5,8-9H,6-7H2,1H3,(H,16,20). The van der Waals surface area contributed by atoms with Crippen molar-refractivity contribution >= 4 is 11.6 Å². The summed E-state index contributed by atoms with van der Waals surface area (Å²) in [5.41, 5.74) is 0.525. The number of nitrogens with zero attached hydrogens (tertiary/aromatic N) is 3. The Bertz CT molecular complexity index is 769. The number of aryl methyl sites for hydroxylation is 1. The molecule has 1 N–H and O–H groups in total. The highest BCUT2D eigenvalue weighted by Crippen LogP contribution is 2.18. The molecule has 1 amide bonds. The maximum Gasteiger partial charge on any atom is 0.272 e. The third kappa shape index (κ3) is 3.54. The molecule has 1 heterocycles. The van der Waals surface area contributed by atoms with Crippen LogP contribution in [0.3, 0.4) is 0 Å². The number of hydrogen-bond donors (Lipinski definition) is 1. The number of hydrogen-bond acceptors (Lipinski definition) is 5. The average molecular weight is 302 g/mol. The molecular formula is C14H14N4O4. The Hall–Kier alpha value is -3.03. The fraction of sp³-hybridized carbons (Fsp3) is 0.214. The molecule has 0 bridgehead atoms. The van der Waals surface area contributed by atoms with Gasteiger partial charge in [0.15, 0.2) is 0 Å². The van der Waals surface area contributed by atoms with Crippen LogP contribution < -0.4 is 10.9 Å². The minimum absolute atomic E-state index is 0.0292. The van der Waals surface area contributed by atoms with E-state index in [2.05, 4.69) is 10.3 Å². The second-order valence-electron chi connectivity index (χ2n) is 4.63. The monoisotopic (exact) mass is 302 g/mol. The average Bonchev–Trinajstić information content (AvgIpc) is 2.48. The number of nitro benzene ring substituents is 1. The number of carbonyl (C=O) groups excluding carboxylic acids is 1. The highest BCUT2D eigenvalue weighted by Gasteiger charge is 2.13. The predicted octanol–water partition coefficient (Wildman–Crippen LogP) is 0.890. The Morgan fingerprint density at radius 1 is 1.41 bits per heavy atom. The molecule has 0 saturated carbocycles. The SMILES string of the molecule is Cc1cc(C(=O)NCCn2cnccc2=O)ccc1[N+](=O)[O-]. The number of rotatable bonds is 5. The first-order chi connectivity index (χ1) is 10.5. The van der Waals surface area contributed by atoms with Crippen LogP contribution in [0.25, 0.3) is 0 Å². The molecule has 22 heavy (non-hydrogen) atoms. The lowest BCUT2D eigenvalue weighted by Crippen LogP contribution is -2.30. The lowest BCUT2D eigenvalue weighted by Gasteiger charge is -2.07. The molecule has 0 radical (unpaired) electrons. The van der Waals surface area contributed by atoms with Crippen LogP contribution in [0, 0.1) is 17.0 Å². The van der Waals surface area contributed by atoms with E-state index in [4.69, 9.17) is 0 Å². The quantitative estimate of drug-likeness (QED) is 0.652. The van der Waals surface area contributed by atoms with Gasteiger partial charge in [-0.05, 0) is 19.1 Å². The van der Waals surface area contributed by atoms with E-state index in [-0.39, 0.29) is 23.7 Å². The molecule has 1 aromatic heterocycles. The largest absolute Gasteiger partial charge is 0.350 e. The zero-order valence-electron chi connectivity index (χ0n) is 11.9. The second kappa shape index (κ2) is 6.61. The molecule has 0 spiro atoms. The minimum Gasteiger partial charge on any atom is -0.350 e. The maximum absolute atomic E-state index is 12.0. The van der Waals surface area contributed by atoms with E-state index in [1.807, 2.05) is 0 Å². The molecule has 0 aliphatic heterocycles. The van der Waals surface area contributed by atoms with Crippen molar-refractivity contribution in [2.24, 2.45) is 0 Å². The van der Waals surface area contributed by atoms with Gasteiger partial charge in [0.25, 0.3) is 17.2 Å². The van der Waals surface area contributed by atoms with Gasteiger partial charge in [-0.25, -0.2) is 4.98 Å². The first-order valence-corrected chi connectivity index (χ1v) is 6.53. The summed E-state index contributed by atoms with van der Waals surface area (Å²) in [5.74, 6) is -0.352. The van der Waals surface area contributed by atoms with Crippen LogP contribution >= 0.6 is 0 Å². The molecule has 8 heteroatoms. The highest BCUT2D eigenvalue weighted by molar-refractivity contribution is 5.94. The molecule has 2 aromatic rings. The molecule has 0 atom stereocenters. The number of benzene rings is 1. The van der Waals surface area contributed by atoms with E-state index in [1.165, 1.54) is 41.4 Å². The van der Waals surface area contributed by atoms with Crippen molar-refractivity contribution in [3.8, 4) is 0 Å². The number of carbonyl (C=O) groups is 1. The Labute approximate surface area is 125 Å². The van der Waals surface area contributed by atoms with Gasteiger partial charge >= 0.3 is 0 Å². The molecule has 8 nitrogen and oxygen atoms in total. The molecule has 2 rings (SSSR count). The van der Waals surface area contributed by atoms with Crippen molar-refractivity contribution in [2.45, 2.75) is 13.5 Å². The van der Waals surface area contributed by atoms with Gasteiger partial charge in [0.2, 0.25) is 0 Å². The third-order valence-electron chi connectivity index (χ3n) is 3.09. The third-order valence-corrected chi connectivity index (χ3v) is 3.09. The summed E-state index contributed by atoms with van der Waals surface area (Å²) in [6.45, 7) is 2.12. The minimum atomic E-state index is -0.494. The molecule has 114 valence electrons. The lowest BCUT2D eigenvalue weighted by molar-refractivity contribution is -0.385. The van der Waals surface area contributed by atoms with Crippen LogP contribution in [0.1, 0.15) is 15.9 Å². The van der Waals surface area contributed by atoms with Crippen LogP contribution in [0.5, 0.6) is 0 Å². The number of nitro groups is 1. The first-order valence-electron chi connectivity index (χ1n) is 6.53. The summed E-state index contributed by atoms with van der Waals surface area (Å²) in [4.78, 5) is 37.5. The zero-order valence-corrected chi connectivity index (χ0v) is 11.9. The van der Waals surface area contributed by atoms with E-state index in [9.17, 15) is 19.7 Å². The van der Waals surface area contributed by atoms with Gasteiger partial charge in [-0.2, -0.15) is 0 Å². The fourth-order valence-electron chi connectivity index (χ4n) is 1.94. The number of nitrogens with one attached hydrogen (secondary N) is 1. The van der Waals surface area contributed by atoms with Crippen molar-refractivity contribution in [1.82, 2.24) is 14.9 Å². The number of amides is 1. The van der Waals surface area contributed by atoms with Crippen LogP contribution in [0.2, 0.25) is 0 Å². The second-order valence-corrected chi connectivity index (χ2v) is 4.63. The predicted molar refractivity (Wildman–Crippen MR) is 78.7 cm³/mol. The van der Waals surface area contributed by atoms with Gasteiger partial charge in [-0.1, -0.05) is 0 Å². The highest BCUT2D eigenvalue weighted by atomic mass is 16.6. The fourth-order valence-corrected chi connectivity index (χ4v) is 1.94. The molecule has 1 aromatic carbocycles. The Balaban J connectivity index is 1.98. The van der Waals surface area contributed by atoms with E-state index < -0.39 is 4.92 Å². The smallest absolute Gasteiger partial charge is 0.272 e. The summed E-state index contributed by atoms with van der Waals surface area (Å²) in [7, 11) is 0. The van der Waals surface area contributed by atoms with Crippen molar-refractivity contribution in [3.05, 3.63) is 68.4 Å². The number of aromatic nitrogens is 2. The Kier molecular flexibility index (Phi) is 4.62. The van der Waals surface area contributed by atoms with Crippen LogP contribution in [0.4, 0.5) is 5.69 Å². The molecular weight excluding hydrogens is 288 g/mol. The summed E-state index contributed by atoms with van der Waals surface area (Å²) in [5, 5.41) is 13.4. The van der Waals surface area contributed by atoms with Gasteiger partial charge in [-0.3, -0.25) is 24.3 Å². The van der Waals surface area contributed by atoms with Crippen LogP contribution in [0.15, 0.2) is 41.6 Å². The van der Waals surface area contributed by atoms with Gasteiger partial charge in [0.1, 0.15) is 0 Å². The Morgan fingerprint density at radius 2 is 2.18 bits per heavy atom. The van der Waals surface area contributed by atoms with E-state index in [0.29, 0.717) is 17.7 Å². The molecule has 0 saturated heterocycles. The lowest BCUT2D eigenvalue weighted by atomic mass is 10.1. The summed E-state index contributed by atoms with van der Waals surface area (Å²) < 4.78 is 1.38. The van der Waals surface area contributed by atoms with Gasteiger partial charge in [-0.15, -0.1) is 0 Å². The Morgan fingerprint density at radius 3 is 2.82 bits per heavy atom. The van der Waals surface area contributed by atoms with Crippen molar-refractivity contribution in [1.29, 1.82) is 0 Å². The van der Waals surface area contributed by atoms with Gasteiger partial charge in [0.05, 0.1) is 11.3 Å². The molecule has 0 aliphatic rings. The van der Waals surface area contributed by atoms with E-state index >= 15 is 0 Å². The molecule has 0 unspecified atom stereocenters. The van der Waals surface area contributed by atoms with E-state index in [1.54, 1.807) is 6.92 Å². The van der Waals surface area contributed by atoms with Crippen LogP contribution in [-0.2, 0) is 6.54 Å². The first kappa shape index (κ1) is 15.4.